The number of carboxylic acids is 1. The normalized spacial score (nSPS) is 11.5. The minimum absolute atomic E-state index is 0.0762. The molecule has 8 nitrogen and oxygen atoms in total. The van der Waals surface area contributed by atoms with Gasteiger partial charge < -0.3 is 14.6 Å². The standard InChI is InChI=1S/C14H19NO7S/c1-15(5-4-13(16)17)23(19,20)12-7-10(9-21-2)6-11(8-12)14(18)22-3/h6-8H,4-5,9H2,1-3H3,(H,16,17). The Morgan fingerprint density at radius 2 is 1.87 bits per heavy atom. The van der Waals surface area contributed by atoms with E-state index < -0.39 is 22.0 Å². The predicted molar refractivity (Wildman–Crippen MR) is 80.6 cm³/mol. The number of carbonyl (C=O) groups excluding carboxylic acids is 1. The molecule has 9 heteroatoms. The molecule has 0 amide bonds. The molecule has 128 valence electrons. The lowest BCUT2D eigenvalue weighted by molar-refractivity contribution is -0.137. The lowest BCUT2D eigenvalue weighted by atomic mass is 10.1. The summed E-state index contributed by atoms with van der Waals surface area (Å²) < 4.78 is 35.5. The lowest BCUT2D eigenvalue weighted by Crippen LogP contribution is -2.29. The molecular formula is C14H19NO7S. The fraction of sp³-hybridized carbons (Fsp3) is 0.429. The third-order valence-electron chi connectivity index (χ3n) is 3.05. The van der Waals surface area contributed by atoms with Gasteiger partial charge in [0.2, 0.25) is 10.0 Å². The van der Waals surface area contributed by atoms with Gasteiger partial charge in [-0.2, -0.15) is 0 Å². The van der Waals surface area contributed by atoms with Crippen molar-refractivity contribution in [3.63, 3.8) is 0 Å². The number of rotatable bonds is 8. The van der Waals surface area contributed by atoms with Gasteiger partial charge >= 0.3 is 11.9 Å². The summed E-state index contributed by atoms with van der Waals surface area (Å²) in [6.07, 6.45) is -0.322. The summed E-state index contributed by atoms with van der Waals surface area (Å²) in [5.74, 6) is -1.77. The van der Waals surface area contributed by atoms with E-state index in [2.05, 4.69) is 4.74 Å². The zero-order valence-electron chi connectivity index (χ0n) is 13.1. The number of nitrogens with zero attached hydrogens (tertiary/aromatic N) is 1. The van der Waals surface area contributed by atoms with Gasteiger partial charge in [0.25, 0.3) is 0 Å². The maximum Gasteiger partial charge on any atom is 0.337 e. The second kappa shape index (κ2) is 8.04. The van der Waals surface area contributed by atoms with Crippen LogP contribution in [0.25, 0.3) is 0 Å². The van der Waals surface area contributed by atoms with E-state index in [0.717, 1.165) is 4.31 Å². The number of sulfonamides is 1. The number of aliphatic carboxylic acids is 1. The molecule has 0 heterocycles. The van der Waals surface area contributed by atoms with Crippen molar-refractivity contribution in [3.05, 3.63) is 29.3 Å². The molecule has 0 saturated carbocycles. The second-order valence-electron chi connectivity index (χ2n) is 4.76. The van der Waals surface area contributed by atoms with Gasteiger partial charge in [0, 0.05) is 20.7 Å². The van der Waals surface area contributed by atoms with Gasteiger partial charge in [-0.3, -0.25) is 4.79 Å². The highest BCUT2D eigenvalue weighted by molar-refractivity contribution is 7.89. The van der Waals surface area contributed by atoms with Crippen LogP contribution in [-0.2, 0) is 30.9 Å². The Balaban J connectivity index is 3.25. The van der Waals surface area contributed by atoms with Crippen LogP contribution in [0.3, 0.4) is 0 Å². The first-order valence-corrected chi connectivity index (χ1v) is 8.05. The Labute approximate surface area is 134 Å². The molecule has 1 aromatic rings. The zero-order valence-corrected chi connectivity index (χ0v) is 13.9. The molecule has 0 bridgehead atoms. The van der Waals surface area contributed by atoms with Crippen molar-refractivity contribution in [2.45, 2.75) is 17.9 Å². The van der Waals surface area contributed by atoms with Crippen LogP contribution in [0.5, 0.6) is 0 Å². The molecule has 0 unspecified atom stereocenters. The third-order valence-corrected chi connectivity index (χ3v) is 4.88. The van der Waals surface area contributed by atoms with Crippen LogP contribution in [0.1, 0.15) is 22.3 Å². The summed E-state index contributed by atoms with van der Waals surface area (Å²) in [6.45, 7) is -0.0636. The van der Waals surface area contributed by atoms with E-state index >= 15 is 0 Å². The number of carboxylic acid groups (broad SMARTS) is 1. The van der Waals surface area contributed by atoms with Gasteiger partial charge in [-0.15, -0.1) is 0 Å². The van der Waals surface area contributed by atoms with E-state index in [1.54, 1.807) is 0 Å². The minimum Gasteiger partial charge on any atom is -0.481 e. The van der Waals surface area contributed by atoms with Gasteiger partial charge in [-0.25, -0.2) is 17.5 Å². The third kappa shape index (κ3) is 5.02. The largest absolute Gasteiger partial charge is 0.481 e. The lowest BCUT2D eigenvalue weighted by Gasteiger charge is -2.17. The highest BCUT2D eigenvalue weighted by Crippen LogP contribution is 2.20. The van der Waals surface area contributed by atoms with Crippen LogP contribution in [0.15, 0.2) is 23.1 Å². The Hall–Kier alpha value is -1.97. The number of benzene rings is 1. The average Bonchev–Trinajstić information content (AvgIpc) is 2.51. The van der Waals surface area contributed by atoms with Gasteiger partial charge in [0.1, 0.15) is 0 Å². The monoisotopic (exact) mass is 345 g/mol. The van der Waals surface area contributed by atoms with Gasteiger partial charge in [0.15, 0.2) is 0 Å². The molecule has 0 radical (unpaired) electrons. The van der Waals surface area contributed by atoms with E-state index in [0.29, 0.717) is 5.56 Å². The van der Waals surface area contributed by atoms with E-state index in [9.17, 15) is 18.0 Å². The summed E-state index contributed by atoms with van der Waals surface area (Å²) in [6, 6.07) is 4.05. The van der Waals surface area contributed by atoms with Crippen LogP contribution in [-0.4, -0.2) is 57.6 Å². The van der Waals surface area contributed by atoms with Gasteiger partial charge in [0.05, 0.1) is 30.6 Å². The van der Waals surface area contributed by atoms with E-state index in [1.807, 2.05) is 0 Å². The van der Waals surface area contributed by atoms with Crippen LogP contribution < -0.4 is 0 Å². The summed E-state index contributed by atoms with van der Waals surface area (Å²) in [4.78, 5) is 22.1. The maximum atomic E-state index is 12.5. The molecule has 0 fully saturated rings. The van der Waals surface area contributed by atoms with Crippen molar-refractivity contribution >= 4 is 22.0 Å². The SMILES string of the molecule is COCc1cc(C(=O)OC)cc(S(=O)(=O)N(C)CCC(=O)O)c1. The summed E-state index contributed by atoms with van der Waals surface area (Å²) >= 11 is 0. The van der Waals surface area contributed by atoms with E-state index in [-0.39, 0.29) is 30.0 Å². The highest BCUT2D eigenvalue weighted by atomic mass is 32.2. The first-order valence-electron chi connectivity index (χ1n) is 6.61. The van der Waals surface area contributed by atoms with Crippen LogP contribution in [0, 0.1) is 0 Å². The topological polar surface area (TPSA) is 110 Å². The fourth-order valence-corrected chi connectivity index (χ4v) is 3.12. The summed E-state index contributed by atoms with van der Waals surface area (Å²) in [5, 5.41) is 8.66. The molecule has 0 saturated heterocycles. The van der Waals surface area contributed by atoms with Crippen LogP contribution >= 0.6 is 0 Å². The second-order valence-corrected chi connectivity index (χ2v) is 6.81. The molecule has 1 rings (SSSR count). The first kappa shape index (κ1) is 19.1. The van der Waals surface area contributed by atoms with Crippen molar-refractivity contribution in [2.75, 3.05) is 27.8 Å². The number of hydrogen-bond acceptors (Lipinski definition) is 6. The Morgan fingerprint density at radius 1 is 1.22 bits per heavy atom. The summed E-state index contributed by atoms with van der Waals surface area (Å²) in [5.41, 5.74) is 0.563. The molecule has 0 atom stereocenters. The predicted octanol–water partition coefficient (Wildman–Crippen LogP) is 0.715. The van der Waals surface area contributed by atoms with Gasteiger partial charge in [-0.05, 0) is 23.8 Å². The first-order chi connectivity index (χ1) is 10.7. The quantitative estimate of drug-likeness (QED) is 0.691. The molecule has 1 aromatic carbocycles. The van der Waals surface area contributed by atoms with Gasteiger partial charge in [-0.1, -0.05) is 0 Å². The van der Waals surface area contributed by atoms with Crippen LogP contribution in [0.2, 0.25) is 0 Å². The average molecular weight is 345 g/mol. The number of ether oxygens (including phenoxy) is 2. The molecule has 0 aliphatic heterocycles. The fourth-order valence-electron chi connectivity index (χ4n) is 1.85. The number of esters is 1. The Kier molecular flexibility index (Phi) is 6.67. The van der Waals surface area contributed by atoms with Crippen molar-refractivity contribution < 1.29 is 32.6 Å². The minimum atomic E-state index is -3.93. The number of hydrogen-bond donors (Lipinski definition) is 1. The van der Waals surface area contributed by atoms with E-state index in [4.69, 9.17) is 9.84 Å². The molecule has 0 spiro atoms. The molecular weight excluding hydrogens is 326 g/mol. The number of methoxy groups -OCH3 is 2. The molecule has 0 aliphatic carbocycles. The van der Waals surface area contributed by atoms with Crippen LogP contribution in [0.4, 0.5) is 0 Å². The smallest absolute Gasteiger partial charge is 0.337 e. The number of carbonyl (C=O) groups is 2. The van der Waals surface area contributed by atoms with Crippen molar-refractivity contribution in [2.24, 2.45) is 0 Å². The Morgan fingerprint density at radius 3 is 2.39 bits per heavy atom. The van der Waals surface area contributed by atoms with Crippen molar-refractivity contribution in [1.82, 2.24) is 4.31 Å². The zero-order chi connectivity index (χ0) is 17.6. The highest BCUT2D eigenvalue weighted by Gasteiger charge is 2.23. The maximum absolute atomic E-state index is 12.5. The Bertz CT molecular complexity index is 684. The molecule has 0 aliphatic rings. The van der Waals surface area contributed by atoms with E-state index in [1.165, 1.54) is 39.5 Å². The molecule has 0 aromatic heterocycles. The molecule has 1 N–H and O–H groups in total. The van der Waals surface area contributed by atoms with Crippen molar-refractivity contribution in [3.8, 4) is 0 Å². The molecule has 23 heavy (non-hydrogen) atoms. The summed E-state index contributed by atoms with van der Waals surface area (Å²) in [7, 11) is -0.0208. The van der Waals surface area contributed by atoms with Crippen molar-refractivity contribution in [1.29, 1.82) is 0 Å².